The molecule has 1 aromatic heterocycles. The van der Waals surface area contributed by atoms with Gasteiger partial charge in [-0.15, -0.1) is 22.0 Å². The summed E-state index contributed by atoms with van der Waals surface area (Å²) in [5.74, 6) is 0.653. The van der Waals surface area contributed by atoms with Crippen LogP contribution < -0.4 is 4.90 Å². The van der Waals surface area contributed by atoms with Gasteiger partial charge >= 0.3 is 0 Å². The number of carbonyl (C=O) groups excluding carboxylic acids is 1. The Morgan fingerprint density at radius 3 is 2.72 bits per heavy atom. The van der Waals surface area contributed by atoms with E-state index in [1.165, 1.54) is 23.9 Å². The predicted octanol–water partition coefficient (Wildman–Crippen LogP) is 3.09. The Bertz CT molecular complexity index is 913. The van der Waals surface area contributed by atoms with Crippen LogP contribution in [0.25, 0.3) is 11.4 Å². The van der Waals surface area contributed by atoms with Crippen molar-refractivity contribution >= 4 is 23.4 Å². The number of benzene rings is 2. The number of hydrogen-bond donors (Lipinski definition) is 1. The van der Waals surface area contributed by atoms with Crippen molar-refractivity contribution in [3.8, 4) is 11.4 Å². The van der Waals surface area contributed by atoms with Crippen LogP contribution in [0, 0.1) is 12.7 Å². The minimum Gasteiger partial charge on any atom is -0.295 e. The molecule has 0 radical (unpaired) electrons. The topological polar surface area (TPSA) is 74.8 Å². The first-order valence-electron chi connectivity index (χ1n) is 7.67. The van der Waals surface area contributed by atoms with Crippen LogP contribution >= 0.6 is 11.8 Å². The van der Waals surface area contributed by atoms with E-state index >= 15 is 0 Å². The quantitative estimate of drug-likeness (QED) is 0.781. The number of H-pyrrole nitrogens is 1. The molecule has 4 rings (SSSR count). The molecule has 1 aliphatic rings. The highest BCUT2D eigenvalue weighted by atomic mass is 32.2. The van der Waals surface area contributed by atoms with Gasteiger partial charge in [0.2, 0.25) is 11.7 Å². The number of amides is 1. The van der Waals surface area contributed by atoms with Gasteiger partial charge in [0.15, 0.2) is 0 Å². The Morgan fingerprint density at radius 2 is 2.04 bits per heavy atom. The maximum absolute atomic E-state index is 13.2. The summed E-state index contributed by atoms with van der Waals surface area (Å²) in [6.07, 6.45) is 0. The number of thioether (sulfide) groups is 1. The Hall–Kier alpha value is -2.74. The van der Waals surface area contributed by atoms with Gasteiger partial charge in [0.25, 0.3) is 0 Å². The van der Waals surface area contributed by atoms with E-state index in [9.17, 15) is 9.18 Å². The maximum atomic E-state index is 13.2. The molecule has 6 nitrogen and oxygen atoms in total. The number of anilines is 1. The fourth-order valence-corrected chi connectivity index (χ4v) is 4.08. The summed E-state index contributed by atoms with van der Waals surface area (Å²) in [4.78, 5) is 14.3. The molecule has 1 N–H and O–H groups in total. The van der Waals surface area contributed by atoms with E-state index in [0.717, 1.165) is 22.4 Å². The third-order valence-electron chi connectivity index (χ3n) is 4.08. The van der Waals surface area contributed by atoms with Crippen molar-refractivity contribution in [3.05, 3.63) is 59.4 Å². The van der Waals surface area contributed by atoms with Crippen LogP contribution in [0.5, 0.6) is 0 Å². The summed E-state index contributed by atoms with van der Waals surface area (Å²) in [5, 5.41) is 13.8. The first-order chi connectivity index (χ1) is 12.1. The first kappa shape index (κ1) is 15.8. The van der Waals surface area contributed by atoms with Gasteiger partial charge < -0.3 is 0 Å². The van der Waals surface area contributed by atoms with Crippen molar-refractivity contribution in [1.82, 2.24) is 20.6 Å². The Balaban J connectivity index is 1.71. The van der Waals surface area contributed by atoms with Crippen molar-refractivity contribution in [2.24, 2.45) is 0 Å². The third-order valence-corrected chi connectivity index (χ3v) is 5.30. The summed E-state index contributed by atoms with van der Waals surface area (Å²) < 4.78 is 13.2. The molecule has 1 unspecified atom stereocenters. The van der Waals surface area contributed by atoms with Crippen molar-refractivity contribution < 1.29 is 9.18 Å². The SMILES string of the molecule is Cc1cc(-c2nn[nH]n2)ccc1N1C(=O)CSC1c1ccc(F)cc1. The highest BCUT2D eigenvalue weighted by Crippen LogP contribution is 2.43. The van der Waals surface area contributed by atoms with Gasteiger partial charge in [0, 0.05) is 11.3 Å². The van der Waals surface area contributed by atoms with Crippen LogP contribution in [0.15, 0.2) is 42.5 Å². The molecule has 1 amide bonds. The molecule has 1 atom stereocenters. The van der Waals surface area contributed by atoms with E-state index < -0.39 is 0 Å². The Morgan fingerprint density at radius 1 is 1.24 bits per heavy atom. The van der Waals surface area contributed by atoms with Crippen LogP contribution in [0.3, 0.4) is 0 Å². The molecule has 2 heterocycles. The molecular formula is C17H14FN5OS. The number of hydrogen-bond acceptors (Lipinski definition) is 5. The molecule has 1 aliphatic heterocycles. The minimum atomic E-state index is -0.287. The fourth-order valence-electron chi connectivity index (χ4n) is 2.91. The van der Waals surface area contributed by atoms with E-state index in [1.54, 1.807) is 17.0 Å². The van der Waals surface area contributed by atoms with Crippen LogP contribution in [0.4, 0.5) is 10.1 Å². The second kappa shape index (κ2) is 6.29. The number of nitrogens with one attached hydrogen (secondary N) is 1. The average molecular weight is 355 g/mol. The zero-order valence-electron chi connectivity index (χ0n) is 13.3. The molecule has 0 spiro atoms. The molecule has 0 bridgehead atoms. The average Bonchev–Trinajstić information content (AvgIpc) is 3.26. The Labute approximate surface area is 147 Å². The lowest BCUT2D eigenvalue weighted by Crippen LogP contribution is -2.28. The number of aryl methyl sites for hydroxylation is 1. The van der Waals surface area contributed by atoms with Crippen LogP contribution in [-0.4, -0.2) is 32.3 Å². The lowest BCUT2D eigenvalue weighted by atomic mass is 10.1. The van der Waals surface area contributed by atoms with Crippen LogP contribution in [-0.2, 0) is 4.79 Å². The normalized spacial score (nSPS) is 17.3. The minimum absolute atomic E-state index is 0.0368. The summed E-state index contributed by atoms with van der Waals surface area (Å²) in [5.41, 5.74) is 3.49. The first-order valence-corrected chi connectivity index (χ1v) is 8.72. The van der Waals surface area contributed by atoms with E-state index in [2.05, 4.69) is 20.6 Å². The summed E-state index contributed by atoms with van der Waals surface area (Å²) in [6.45, 7) is 1.94. The number of halogens is 1. The fraction of sp³-hybridized carbons (Fsp3) is 0.176. The molecule has 25 heavy (non-hydrogen) atoms. The van der Waals surface area contributed by atoms with Crippen molar-refractivity contribution in [2.75, 3.05) is 10.7 Å². The monoisotopic (exact) mass is 355 g/mol. The molecule has 2 aromatic carbocycles. The molecule has 1 fully saturated rings. The molecule has 0 saturated carbocycles. The molecule has 3 aromatic rings. The predicted molar refractivity (Wildman–Crippen MR) is 93.4 cm³/mol. The van der Waals surface area contributed by atoms with Crippen LogP contribution in [0.1, 0.15) is 16.5 Å². The number of rotatable bonds is 3. The van der Waals surface area contributed by atoms with Crippen molar-refractivity contribution in [1.29, 1.82) is 0 Å². The van der Waals surface area contributed by atoms with Gasteiger partial charge in [-0.3, -0.25) is 9.69 Å². The third kappa shape index (κ3) is 2.89. The summed E-state index contributed by atoms with van der Waals surface area (Å²) >= 11 is 1.54. The standard InChI is InChI=1S/C17H14FN5OS/c1-10-8-12(16-19-21-22-20-16)4-7-14(10)23-15(24)9-25-17(23)11-2-5-13(18)6-3-11/h2-8,17H,9H2,1H3,(H,19,20,21,22). The smallest absolute Gasteiger partial charge is 0.238 e. The van der Waals surface area contributed by atoms with Gasteiger partial charge in [0.05, 0.1) is 5.75 Å². The highest BCUT2D eigenvalue weighted by molar-refractivity contribution is 8.00. The number of nitrogens with zero attached hydrogens (tertiary/aromatic N) is 4. The largest absolute Gasteiger partial charge is 0.295 e. The number of aromatic nitrogens is 4. The molecule has 1 saturated heterocycles. The number of carbonyl (C=O) groups is 1. The van der Waals surface area contributed by atoms with Gasteiger partial charge in [-0.1, -0.05) is 12.1 Å². The lowest BCUT2D eigenvalue weighted by molar-refractivity contribution is -0.115. The van der Waals surface area contributed by atoms with Gasteiger partial charge in [-0.25, -0.2) is 4.39 Å². The van der Waals surface area contributed by atoms with E-state index in [-0.39, 0.29) is 17.1 Å². The summed E-state index contributed by atoms with van der Waals surface area (Å²) in [6, 6.07) is 12.0. The van der Waals surface area contributed by atoms with E-state index in [1.807, 2.05) is 25.1 Å². The number of tetrazole rings is 1. The van der Waals surface area contributed by atoms with Gasteiger partial charge in [0.1, 0.15) is 11.2 Å². The summed E-state index contributed by atoms with van der Waals surface area (Å²) in [7, 11) is 0. The molecule has 126 valence electrons. The maximum Gasteiger partial charge on any atom is 0.238 e. The van der Waals surface area contributed by atoms with Crippen LogP contribution in [0.2, 0.25) is 0 Å². The lowest BCUT2D eigenvalue weighted by Gasteiger charge is -2.26. The Kier molecular flexibility index (Phi) is 3.96. The van der Waals surface area contributed by atoms with E-state index in [4.69, 9.17) is 0 Å². The molecule has 0 aliphatic carbocycles. The van der Waals surface area contributed by atoms with Gasteiger partial charge in [-0.2, -0.15) is 5.21 Å². The molecular weight excluding hydrogens is 341 g/mol. The van der Waals surface area contributed by atoms with Gasteiger partial charge in [-0.05, 0) is 53.6 Å². The number of aromatic amines is 1. The highest BCUT2D eigenvalue weighted by Gasteiger charge is 2.34. The zero-order valence-corrected chi connectivity index (χ0v) is 14.1. The van der Waals surface area contributed by atoms with E-state index in [0.29, 0.717) is 11.6 Å². The second-order valence-electron chi connectivity index (χ2n) is 5.72. The second-order valence-corrected chi connectivity index (χ2v) is 6.78. The molecule has 8 heteroatoms. The zero-order chi connectivity index (χ0) is 17.4. The van der Waals surface area contributed by atoms with Crippen molar-refractivity contribution in [3.63, 3.8) is 0 Å². The van der Waals surface area contributed by atoms with Crippen molar-refractivity contribution in [2.45, 2.75) is 12.3 Å².